The number of nitrogens with zero attached hydrogens (tertiary/aromatic N) is 2. The summed E-state index contributed by atoms with van der Waals surface area (Å²) in [6, 6.07) is 1.72. The van der Waals surface area contributed by atoms with E-state index in [0.29, 0.717) is 6.54 Å². The number of hydrogen-bond acceptors (Lipinski definition) is 3. The molecule has 1 rings (SSSR count). The van der Waals surface area contributed by atoms with E-state index < -0.39 is 0 Å². The van der Waals surface area contributed by atoms with Gasteiger partial charge in [0.05, 0.1) is 0 Å². The van der Waals surface area contributed by atoms with Gasteiger partial charge in [0.15, 0.2) is 0 Å². The molecule has 0 aliphatic rings. The molecule has 4 heteroatoms. The van der Waals surface area contributed by atoms with Crippen molar-refractivity contribution in [1.29, 1.82) is 0 Å². The van der Waals surface area contributed by atoms with Gasteiger partial charge >= 0.3 is 5.69 Å². The summed E-state index contributed by atoms with van der Waals surface area (Å²) in [5.41, 5.74) is -0.226. The van der Waals surface area contributed by atoms with Gasteiger partial charge in [0.1, 0.15) is 0 Å². The third-order valence-corrected chi connectivity index (χ3v) is 1.59. The van der Waals surface area contributed by atoms with Crippen LogP contribution in [0, 0.1) is 0 Å². The lowest BCUT2D eigenvalue weighted by atomic mass is 10.3. The van der Waals surface area contributed by atoms with Crippen LogP contribution < -0.4 is 5.69 Å². The molecule has 0 spiro atoms. The molecule has 1 aromatic heterocycles. The third-order valence-electron chi connectivity index (χ3n) is 1.59. The minimum atomic E-state index is -0.226. The van der Waals surface area contributed by atoms with Crippen LogP contribution in [0.3, 0.4) is 0 Å². The van der Waals surface area contributed by atoms with E-state index in [9.17, 15) is 4.79 Å². The first-order chi connectivity index (χ1) is 5.84. The molecular formula is C8H12N2O2. The van der Waals surface area contributed by atoms with Crippen LogP contribution >= 0.6 is 0 Å². The maximum Gasteiger partial charge on any atom is 0.347 e. The van der Waals surface area contributed by atoms with E-state index in [0.717, 1.165) is 12.8 Å². The largest absolute Gasteiger partial charge is 0.396 e. The number of aliphatic hydroxyl groups excluding tert-OH is 1. The van der Waals surface area contributed by atoms with Crippen LogP contribution in [0.25, 0.3) is 0 Å². The molecule has 0 aromatic carbocycles. The Morgan fingerprint density at radius 2 is 2.33 bits per heavy atom. The summed E-state index contributed by atoms with van der Waals surface area (Å²) in [5, 5.41) is 8.51. The zero-order valence-electron chi connectivity index (χ0n) is 6.81. The second-order valence-electron chi connectivity index (χ2n) is 2.53. The fourth-order valence-corrected chi connectivity index (χ4v) is 0.951. The molecule has 4 nitrogen and oxygen atoms in total. The minimum absolute atomic E-state index is 0.176. The summed E-state index contributed by atoms with van der Waals surface area (Å²) < 4.78 is 1.54. The summed E-state index contributed by atoms with van der Waals surface area (Å²) in [6.07, 6.45) is 4.71. The number of aliphatic hydroxyl groups is 1. The van der Waals surface area contributed by atoms with Crippen LogP contribution in [0.15, 0.2) is 23.3 Å². The lowest BCUT2D eigenvalue weighted by Gasteiger charge is -2.01. The van der Waals surface area contributed by atoms with Gasteiger partial charge in [0.2, 0.25) is 0 Å². The minimum Gasteiger partial charge on any atom is -0.396 e. The lowest BCUT2D eigenvalue weighted by molar-refractivity contribution is 0.281. The van der Waals surface area contributed by atoms with Crippen LogP contribution in [-0.4, -0.2) is 21.3 Å². The van der Waals surface area contributed by atoms with Gasteiger partial charge in [-0.05, 0) is 18.9 Å². The number of aryl methyl sites for hydroxylation is 1. The average molecular weight is 168 g/mol. The summed E-state index contributed by atoms with van der Waals surface area (Å²) in [4.78, 5) is 14.6. The van der Waals surface area contributed by atoms with Gasteiger partial charge in [0, 0.05) is 25.5 Å². The first-order valence-electron chi connectivity index (χ1n) is 3.97. The van der Waals surface area contributed by atoms with Crippen molar-refractivity contribution in [3.8, 4) is 0 Å². The van der Waals surface area contributed by atoms with Crippen molar-refractivity contribution >= 4 is 0 Å². The maximum atomic E-state index is 11.0. The fourth-order valence-electron chi connectivity index (χ4n) is 0.951. The third kappa shape index (κ3) is 2.47. The van der Waals surface area contributed by atoms with Gasteiger partial charge in [-0.2, -0.15) is 0 Å². The molecule has 0 saturated heterocycles. The van der Waals surface area contributed by atoms with Gasteiger partial charge in [-0.15, -0.1) is 0 Å². The predicted octanol–water partition coefficient (Wildman–Crippen LogP) is 0.0158. The molecule has 0 unspecified atom stereocenters. The number of hydrogen-bond donors (Lipinski definition) is 1. The molecule has 1 N–H and O–H groups in total. The van der Waals surface area contributed by atoms with E-state index in [1.54, 1.807) is 12.3 Å². The zero-order valence-corrected chi connectivity index (χ0v) is 6.81. The number of unbranched alkanes of at least 4 members (excludes halogenated alkanes) is 1. The normalized spacial score (nSPS) is 10.1. The van der Waals surface area contributed by atoms with Crippen LogP contribution in [0.1, 0.15) is 12.8 Å². The molecule has 0 saturated carbocycles. The van der Waals surface area contributed by atoms with Crippen LogP contribution in [0.2, 0.25) is 0 Å². The van der Waals surface area contributed by atoms with Crippen molar-refractivity contribution in [2.24, 2.45) is 0 Å². The van der Waals surface area contributed by atoms with E-state index in [2.05, 4.69) is 4.98 Å². The van der Waals surface area contributed by atoms with Crippen molar-refractivity contribution in [1.82, 2.24) is 9.55 Å². The molecule has 0 radical (unpaired) electrons. The molecule has 0 atom stereocenters. The predicted molar refractivity (Wildman–Crippen MR) is 44.8 cm³/mol. The second-order valence-corrected chi connectivity index (χ2v) is 2.53. The Morgan fingerprint density at radius 3 is 3.00 bits per heavy atom. The molecule has 0 fully saturated rings. The standard InChI is InChI=1S/C8H12N2O2/c11-7-2-1-5-10-6-3-4-9-8(10)12/h3-4,6,11H,1-2,5,7H2. The zero-order chi connectivity index (χ0) is 8.81. The van der Waals surface area contributed by atoms with E-state index in [-0.39, 0.29) is 12.3 Å². The molecule has 0 aliphatic heterocycles. The Hall–Kier alpha value is -1.16. The Morgan fingerprint density at radius 1 is 1.50 bits per heavy atom. The lowest BCUT2D eigenvalue weighted by Crippen LogP contribution is -2.21. The highest BCUT2D eigenvalue weighted by Crippen LogP contribution is 1.90. The topological polar surface area (TPSA) is 55.1 Å². The van der Waals surface area contributed by atoms with Gasteiger partial charge < -0.3 is 5.11 Å². The van der Waals surface area contributed by atoms with Gasteiger partial charge in [-0.1, -0.05) is 0 Å². The second kappa shape index (κ2) is 4.66. The van der Waals surface area contributed by atoms with Crippen molar-refractivity contribution < 1.29 is 5.11 Å². The summed E-state index contributed by atoms with van der Waals surface area (Å²) >= 11 is 0. The van der Waals surface area contributed by atoms with Crippen molar-refractivity contribution in [2.75, 3.05) is 6.61 Å². The molecule has 1 aromatic rings. The van der Waals surface area contributed by atoms with Crippen LogP contribution in [-0.2, 0) is 6.54 Å². The molecule has 12 heavy (non-hydrogen) atoms. The summed E-state index contributed by atoms with van der Waals surface area (Å²) in [6.45, 7) is 0.808. The SMILES string of the molecule is O=c1ncccn1CCCCO. The van der Waals surface area contributed by atoms with Crippen molar-refractivity contribution in [3.05, 3.63) is 28.9 Å². The van der Waals surface area contributed by atoms with Crippen molar-refractivity contribution in [3.63, 3.8) is 0 Å². The van der Waals surface area contributed by atoms with E-state index in [1.807, 2.05) is 0 Å². The average Bonchev–Trinajstić information content (AvgIpc) is 2.09. The molecule has 0 aliphatic carbocycles. The number of aromatic nitrogens is 2. The Bertz CT molecular complexity index is 282. The Balaban J connectivity index is 2.52. The van der Waals surface area contributed by atoms with Gasteiger partial charge in [0.25, 0.3) is 0 Å². The maximum absolute atomic E-state index is 11.0. The smallest absolute Gasteiger partial charge is 0.347 e. The molecule has 66 valence electrons. The molecule has 0 bridgehead atoms. The van der Waals surface area contributed by atoms with Crippen LogP contribution in [0.5, 0.6) is 0 Å². The highest BCUT2D eigenvalue weighted by atomic mass is 16.2. The van der Waals surface area contributed by atoms with Gasteiger partial charge in [-0.3, -0.25) is 4.57 Å². The Kier molecular flexibility index (Phi) is 3.47. The first kappa shape index (κ1) is 8.93. The highest BCUT2D eigenvalue weighted by molar-refractivity contribution is 4.80. The van der Waals surface area contributed by atoms with E-state index in [4.69, 9.17) is 5.11 Å². The van der Waals surface area contributed by atoms with E-state index in [1.165, 1.54) is 10.8 Å². The van der Waals surface area contributed by atoms with Crippen molar-refractivity contribution in [2.45, 2.75) is 19.4 Å². The molecule has 1 heterocycles. The molecular weight excluding hydrogens is 156 g/mol. The number of rotatable bonds is 4. The van der Waals surface area contributed by atoms with E-state index >= 15 is 0 Å². The monoisotopic (exact) mass is 168 g/mol. The Labute approximate surface area is 70.5 Å². The van der Waals surface area contributed by atoms with Gasteiger partial charge in [-0.25, -0.2) is 9.78 Å². The fraction of sp³-hybridized carbons (Fsp3) is 0.500. The summed E-state index contributed by atoms with van der Waals surface area (Å²) in [5.74, 6) is 0. The highest BCUT2D eigenvalue weighted by Gasteiger charge is 1.93. The van der Waals surface area contributed by atoms with Crippen LogP contribution in [0.4, 0.5) is 0 Å². The summed E-state index contributed by atoms with van der Waals surface area (Å²) in [7, 11) is 0. The molecule has 0 amide bonds. The first-order valence-corrected chi connectivity index (χ1v) is 3.97. The quantitative estimate of drug-likeness (QED) is 0.644.